The highest BCUT2D eigenvalue weighted by molar-refractivity contribution is 6.07. The smallest absolute Gasteiger partial charge is 0.282 e. The van der Waals surface area contributed by atoms with E-state index < -0.39 is 10.8 Å². The van der Waals surface area contributed by atoms with E-state index in [-0.39, 0.29) is 11.3 Å². The largest absolute Gasteiger partial charge is 0.333 e. The summed E-state index contributed by atoms with van der Waals surface area (Å²) in [5.74, 6) is -0.512. The predicted molar refractivity (Wildman–Crippen MR) is 88.8 cm³/mol. The van der Waals surface area contributed by atoms with Gasteiger partial charge in [-0.15, -0.1) is 0 Å². The standard InChI is InChI=1S/C17H14N4O3/c22-17(15-6-1-2-7-16(15)21(23)24)19-14-5-3-4-13(10-14)11-20-9-8-18-12-20/h1-10,12H,11H2,(H,19,22). The van der Waals surface area contributed by atoms with Gasteiger partial charge >= 0.3 is 0 Å². The number of anilines is 1. The molecule has 24 heavy (non-hydrogen) atoms. The van der Waals surface area contributed by atoms with Crippen LogP contribution in [0.1, 0.15) is 15.9 Å². The fraction of sp³-hybridized carbons (Fsp3) is 0.0588. The summed E-state index contributed by atoms with van der Waals surface area (Å²) in [4.78, 5) is 26.8. The number of hydrogen-bond acceptors (Lipinski definition) is 4. The van der Waals surface area contributed by atoms with Crippen LogP contribution in [-0.2, 0) is 6.54 Å². The number of aromatic nitrogens is 2. The SMILES string of the molecule is O=C(Nc1cccc(Cn2ccnc2)c1)c1ccccc1[N+](=O)[O-]. The molecule has 0 atom stereocenters. The zero-order valence-electron chi connectivity index (χ0n) is 12.6. The Labute approximate surface area is 137 Å². The van der Waals surface area contributed by atoms with Gasteiger partial charge < -0.3 is 9.88 Å². The van der Waals surface area contributed by atoms with Gasteiger partial charge in [0.1, 0.15) is 5.56 Å². The van der Waals surface area contributed by atoms with Gasteiger partial charge in [0.25, 0.3) is 11.6 Å². The van der Waals surface area contributed by atoms with Crippen molar-refractivity contribution < 1.29 is 9.72 Å². The van der Waals surface area contributed by atoms with E-state index in [4.69, 9.17) is 0 Å². The second-order valence-corrected chi connectivity index (χ2v) is 5.16. The molecule has 7 nitrogen and oxygen atoms in total. The minimum Gasteiger partial charge on any atom is -0.333 e. The van der Waals surface area contributed by atoms with Gasteiger partial charge in [0, 0.05) is 30.7 Å². The van der Waals surface area contributed by atoms with Crippen molar-refractivity contribution in [2.24, 2.45) is 0 Å². The number of para-hydroxylation sites is 1. The molecular weight excluding hydrogens is 308 g/mol. The number of carbonyl (C=O) groups excluding carboxylic acids is 1. The maximum atomic E-state index is 12.3. The molecule has 7 heteroatoms. The summed E-state index contributed by atoms with van der Waals surface area (Å²) in [5.41, 5.74) is 1.37. The van der Waals surface area contributed by atoms with Gasteiger partial charge in [-0.1, -0.05) is 24.3 Å². The van der Waals surface area contributed by atoms with Crippen molar-refractivity contribution >= 4 is 17.3 Å². The van der Waals surface area contributed by atoms with Crippen molar-refractivity contribution in [1.82, 2.24) is 9.55 Å². The number of nitrogens with one attached hydrogen (secondary N) is 1. The molecule has 0 saturated heterocycles. The number of carbonyl (C=O) groups is 1. The van der Waals surface area contributed by atoms with Crippen LogP contribution >= 0.6 is 0 Å². The fourth-order valence-electron chi connectivity index (χ4n) is 2.36. The van der Waals surface area contributed by atoms with Crippen molar-refractivity contribution in [1.29, 1.82) is 0 Å². The second-order valence-electron chi connectivity index (χ2n) is 5.16. The van der Waals surface area contributed by atoms with E-state index in [0.29, 0.717) is 12.2 Å². The highest BCUT2D eigenvalue weighted by Crippen LogP contribution is 2.20. The van der Waals surface area contributed by atoms with E-state index in [1.165, 1.54) is 18.2 Å². The lowest BCUT2D eigenvalue weighted by molar-refractivity contribution is -0.385. The minimum absolute atomic E-state index is 0.0301. The molecule has 0 saturated carbocycles. The first kappa shape index (κ1) is 15.4. The number of benzene rings is 2. The quantitative estimate of drug-likeness (QED) is 0.577. The summed E-state index contributed by atoms with van der Waals surface area (Å²) in [5, 5.41) is 13.7. The number of nitrogens with zero attached hydrogens (tertiary/aromatic N) is 3. The number of rotatable bonds is 5. The molecule has 0 bridgehead atoms. The lowest BCUT2D eigenvalue weighted by atomic mass is 10.1. The Bertz CT molecular complexity index is 875. The van der Waals surface area contributed by atoms with Crippen LogP contribution in [0.5, 0.6) is 0 Å². The molecule has 0 radical (unpaired) electrons. The van der Waals surface area contributed by atoms with E-state index in [1.54, 1.807) is 24.7 Å². The first-order valence-electron chi connectivity index (χ1n) is 7.23. The molecule has 2 aromatic carbocycles. The average Bonchev–Trinajstić information content (AvgIpc) is 3.08. The molecule has 0 aliphatic heterocycles. The first-order valence-corrected chi connectivity index (χ1v) is 7.23. The molecule has 0 fully saturated rings. The van der Waals surface area contributed by atoms with Gasteiger partial charge in [-0.2, -0.15) is 0 Å². The zero-order valence-corrected chi connectivity index (χ0v) is 12.6. The van der Waals surface area contributed by atoms with Gasteiger partial charge in [-0.3, -0.25) is 14.9 Å². The summed E-state index contributed by atoms with van der Waals surface area (Å²) in [6.45, 7) is 0.620. The lowest BCUT2D eigenvalue weighted by Crippen LogP contribution is -2.14. The maximum Gasteiger partial charge on any atom is 0.282 e. The normalized spacial score (nSPS) is 10.3. The third kappa shape index (κ3) is 3.46. The Balaban J connectivity index is 1.79. The van der Waals surface area contributed by atoms with Gasteiger partial charge in [-0.25, -0.2) is 4.98 Å². The Morgan fingerprint density at radius 3 is 2.79 bits per heavy atom. The topological polar surface area (TPSA) is 90.1 Å². The molecule has 0 spiro atoms. The number of nitro groups is 1. The molecule has 0 aliphatic carbocycles. The van der Waals surface area contributed by atoms with Gasteiger partial charge in [0.15, 0.2) is 0 Å². The van der Waals surface area contributed by atoms with Crippen LogP contribution in [0.25, 0.3) is 0 Å². The summed E-state index contributed by atoms with van der Waals surface area (Å²) >= 11 is 0. The van der Waals surface area contributed by atoms with Crippen molar-refractivity contribution in [3.8, 4) is 0 Å². The van der Waals surface area contributed by atoms with Gasteiger partial charge in [-0.05, 0) is 23.8 Å². The molecule has 3 aromatic rings. The van der Waals surface area contributed by atoms with Crippen LogP contribution < -0.4 is 5.32 Å². The summed E-state index contributed by atoms with van der Waals surface area (Å²) in [7, 11) is 0. The fourth-order valence-corrected chi connectivity index (χ4v) is 2.36. The molecule has 1 amide bonds. The lowest BCUT2D eigenvalue weighted by Gasteiger charge is -2.08. The van der Waals surface area contributed by atoms with E-state index in [1.807, 2.05) is 29.0 Å². The molecule has 0 unspecified atom stereocenters. The van der Waals surface area contributed by atoms with E-state index in [2.05, 4.69) is 10.3 Å². The number of imidazole rings is 1. The van der Waals surface area contributed by atoms with Crippen LogP contribution in [-0.4, -0.2) is 20.4 Å². The molecule has 1 aromatic heterocycles. The number of hydrogen-bond donors (Lipinski definition) is 1. The number of nitro benzene ring substituents is 1. The molecule has 120 valence electrons. The Hall–Kier alpha value is -3.48. The van der Waals surface area contributed by atoms with E-state index in [9.17, 15) is 14.9 Å². The van der Waals surface area contributed by atoms with Crippen molar-refractivity contribution in [3.63, 3.8) is 0 Å². The van der Waals surface area contributed by atoms with Crippen molar-refractivity contribution in [3.05, 3.63) is 88.5 Å². The van der Waals surface area contributed by atoms with Crippen LogP contribution in [0.2, 0.25) is 0 Å². The van der Waals surface area contributed by atoms with Gasteiger partial charge in [0.2, 0.25) is 0 Å². The monoisotopic (exact) mass is 322 g/mol. The van der Waals surface area contributed by atoms with Crippen LogP contribution in [0.3, 0.4) is 0 Å². The number of amides is 1. The van der Waals surface area contributed by atoms with Crippen LogP contribution in [0.15, 0.2) is 67.3 Å². The molecule has 1 N–H and O–H groups in total. The zero-order chi connectivity index (χ0) is 16.9. The third-order valence-electron chi connectivity index (χ3n) is 3.45. The summed E-state index contributed by atoms with van der Waals surface area (Å²) in [6, 6.07) is 13.2. The van der Waals surface area contributed by atoms with Crippen LogP contribution in [0.4, 0.5) is 11.4 Å². The highest BCUT2D eigenvalue weighted by Gasteiger charge is 2.19. The third-order valence-corrected chi connectivity index (χ3v) is 3.45. The Morgan fingerprint density at radius 2 is 2.04 bits per heavy atom. The second kappa shape index (κ2) is 6.74. The maximum absolute atomic E-state index is 12.3. The highest BCUT2D eigenvalue weighted by atomic mass is 16.6. The van der Waals surface area contributed by atoms with E-state index >= 15 is 0 Å². The summed E-state index contributed by atoms with van der Waals surface area (Å²) < 4.78 is 1.91. The minimum atomic E-state index is -0.565. The Morgan fingerprint density at radius 1 is 1.21 bits per heavy atom. The molecular formula is C17H14N4O3. The van der Waals surface area contributed by atoms with Crippen LogP contribution in [0, 0.1) is 10.1 Å². The molecule has 3 rings (SSSR count). The van der Waals surface area contributed by atoms with E-state index in [0.717, 1.165) is 5.56 Å². The predicted octanol–water partition coefficient (Wildman–Crippen LogP) is 3.09. The van der Waals surface area contributed by atoms with Gasteiger partial charge in [0.05, 0.1) is 11.3 Å². The van der Waals surface area contributed by atoms with Crippen molar-refractivity contribution in [2.45, 2.75) is 6.54 Å². The Kier molecular flexibility index (Phi) is 4.33. The van der Waals surface area contributed by atoms with Crippen molar-refractivity contribution in [2.75, 3.05) is 5.32 Å². The molecule has 1 heterocycles. The first-order chi connectivity index (χ1) is 11.6. The summed E-state index contributed by atoms with van der Waals surface area (Å²) in [6.07, 6.45) is 5.25. The molecule has 0 aliphatic rings. The average molecular weight is 322 g/mol.